The van der Waals surface area contributed by atoms with Crippen molar-refractivity contribution in [2.24, 2.45) is 5.92 Å². The summed E-state index contributed by atoms with van der Waals surface area (Å²) in [6.45, 7) is 5.48. The monoisotopic (exact) mass is 221 g/mol. The number of nitriles is 1. The standard InChI is InChI=1S/C13H23N3/c1-2-7-16(9-11-3-4-11)10-13(8-14)15-12-5-6-12/h11-13,15H,2-7,9-10H2,1H3. The third kappa shape index (κ3) is 4.11. The smallest absolute Gasteiger partial charge is 0.108 e. The Hall–Kier alpha value is -0.590. The number of nitrogens with one attached hydrogen (secondary N) is 1. The fourth-order valence-corrected chi connectivity index (χ4v) is 2.16. The summed E-state index contributed by atoms with van der Waals surface area (Å²) in [6.07, 6.45) is 6.50. The lowest BCUT2D eigenvalue weighted by atomic mass is 10.2. The Kier molecular flexibility index (Phi) is 4.20. The van der Waals surface area contributed by atoms with E-state index in [2.05, 4.69) is 23.2 Å². The molecule has 2 aliphatic rings. The van der Waals surface area contributed by atoms with Crippen LogP contribution in [0.1, 0.15) is 39.0 Å². The lowest BCUT2D eigenvalue weighted by Gasteiger charge is -2.24. The normalized spacial score (nSPS) is 22.1. The van der Waals surface area contributed by atoms with Crippen LogP contribution in [0.4, 0.5) is 0 Å². The zero-order valence-corrected chi connectivity index (χ0v) is 10.3. The average Bonchev–Trinajstić information content (AvgIpc) is 3.11. The molecule has 1 unspecified atom stereocenters. The molecule has 0 bridgehead atoms. The van der Waals surface area contributed by atoms with Crippen LogP contribution in [0.15, 0.2) is 0 Å². The van der Waals surface area contributed by atoms with Crippen LogP contribution in [-0.4, -0.2) is 36.6 Å². The summed E-state index contributed by atoms with van der Waals surface area (Å²) < 4.78 is 0. The molecule has 0 aromatic carbocycles. The SMILES string of the molecule is CCCN(CC1CC1)CC(C#N)NC1CC1. The molecule has 3 nitrogen and oxygen atoms in total. The second-order valence-electron chi connectivity index (χ2n) is 5.33. The van der Waals surface area contributed by atoms with Gasteiger partial charge in [-0.05, 0) is 44.6 Å². The Morgan fingerprint density at radius 2 is 2.12 bits per heavy atom. The quantitative estimate of drug-likeness (QED) is 0.679. The molecular formula is C13H23N3. The third-order valence-corrected chi connectivity index (χ3v) is 3.36. The van der Waals surface area contributed by atoms with Crippen molar-refractivity contribution < 1.29 is 0 Å². The minimum absolute atomic E-state index is 0.0396. The summed E-state index contributed by atoms with van der Waals surface area (Å²) in [7, 11) is 0. The van der Waals surface area contributed by atoms with Gasteiger partial charge in [-0.25, -0.2) is 0 Å². The summed E-state index contributed by atoms with van der Waals surface area (Å²) >= 11 is 0. The lowest BCUT2D eigenvalue weighted by molar-refractivity contribution is 0.247. The molecule has 3 heteroatoms. The van der Waals surface area contributed by atoms with Crippen molar-refractivity contribution in [3.63, 3.8) is 0 Å². The van der Waals surface area contributed by atoms with Crippen molar-refractivity contribution in [1.29, 1.82) is 5.26 Å². The van der Waals surface area contributed by atoms with Crippen LogP contribution in [0.3, 0.4) is 0 Å². The molecule has 0 heterocycles. The van der Waals surface area contributed by atoms with Gasteiger partial charge in [-0.3, -0.25) is 5.32 Å². The Labute approximate surface area is 98.8 Å². The second-order valence-corrected chi connectivity index (χ2v) is 5.33. The number of hydrogen-bond acceptors (Lipinski definition) is 3. The van der Waals surface area contributed by atoms with Crippen LogP contribution < -0.4 is 5.32 Å². The first-order valence-corrected chi connectivity index (χ1v) is 6.69. The maximum atomic E-state index is 9.13. The minimum Gasteiger partial charge on any atom is -0.300 e. The highest BCUT2D eigenvalue weighted by Gasteiger charge is 2.28. The largest absolute Gasteiger partial charge is 0.300 e. The molecule has 0 saturated heterocycles. The van der Waals surface area contributed by atoms with Crippen LogP contribution in [0.2, 0.25) is 0 Å². The molecule has 0 radical (unpaired) electrons. The molecule has 2 fully saturated rings. The first-order valence-electron chi connectivity index (χ1n) is 6.69. The summed E-state index contributed by atoms with van der Waals surface area (Å²) in [5.41, 5.74) is 0. The predicted octanol–water partition coefficient (Wildman–Crippen LogP) is 1.75. The second kappa shape index (κ2) is 5.65. The molecule has 2 rings (SSSR count). The van der Waals surface area contributed by atoms with E-state index in [1.165, 1.54) is 38.6 Å². The van der Waals surface area contributed by atoms with Crippen molar-refractivity contribution in [2.75, 3.05) is 19.6 Å². The number of rotatable bonds is 8. The molecule has 1 atom stereocenters. The van der Waals surface area contributed by atoms with E-state index in [0.29, 0.717) is 6.04 Å². The molecule has 2 aliphatic carbocycles. The minimum atomic E-state index is 0.0396. The van der Waals surface area contributed by atoms with E-state index in [1.54, 1.807) is 0 Å². The van der Waals surface area contributed by atoms with Crippen molar-refractivity contribution >= 4 is 0 Å². The third-order valence-electron chi connectivity index (χ3n) is 3.36. The van der Waals surface area contributed by atoms with Gasteiger partial charge in [0.1, 0.15) is 6.04 Å². The fourth-order valence-electron chi connectivity index (χ4n) is 2.16. The van der Waals surface area contributed by atoms with E-state index in [9.17, 15) is 0 Å². The molecular weight excluding hydrogens is 198 g/mol. The maximum Gasteiger partial charge on any atom is 0.108 e. The van der Waals surface area contributed by atoms with Gasteiger partial charge in [0.05, 0.1) is 6.07 Å². The van der Waals surface area contributed by atoms with Gasteiger partial charge in [-0.1, -0.05) is 6.92 Å². The molecule has 1 N–H and O–H groups in total. The van der Waals surface area contributed by atoms with Gasteiger partial charge in [-0.2, -0.15) is 5.26 Å². The van der Waals surface area contributed by atoms with Gasteiger partial charge in [0, 0.05) is 19.1 Å². The maximum absolute atomic E-state index is 9.13. The number of hydrogen-bond donors (Lipinski definition) is 1. The Balaban J connectivity index is 1.74. The zero-order chi connectivity index (χ0) is 11.4. The van der Waals surface area contributed by atoms with Gasteiger partial charge in [0.2, 0.25) is 0 Å². The fraction of sp³-hybridized carbons (Fsp3) is 0.923. The number of nitrogens with zero attached hydrogens (tertiary/aromatic N) is 2. The summed E-state index contributed by atoms with van der Waals surface area (Å²) in [5.74, 6) is 0.923. The predicted molar refractivity (Wildman–Crippen MR) is 65.0 cm³/mol. The van der Waals surface area contributed by atoms with Crippen LogP contribution in [0.5, 0.6) is 0 Å². The average molecular weight is 221 g/mol. The van der Waals surface area contributed by atoms with Gasteiger partial charge in [0.15, 0.2) is 0 Å². The molecule has 0 aromatic rings. The lowest BCUT2D eigenvalue weighted by Crippen LogP contribution is -2.42. The molecule has 0 amide bonds. The van der Waals surface area contributed by atoms with Crippen molar-refractivity contribution in [3.8, 4) is 6.07 Å². The topological polar surface area (TPSA) is 39.1 Å². The highest BCUT2D eigenvalue weighted by molar-refractivity contribution is 4.97. The highest BCUT2D eigenvalue weighted by Crippen LogP contribution is 2.29. The molecule has 0 aromatic heterocycles. The summed E-state index contributed by atoms with van der Waals surface area (Å²) in [6, 6.07) is 3.08. The summed E-state index contributed by atoms with van der Waals surface area (Å²) in [4.78, 5) is 2.47. The Bertz CT molecular complexity index is 250. The summed E-state index contributed by atoms with van der Waals surface area (Å²) in [5, 5.41) is 12.6. The van der Waals surface area contributed by atoms with Crippen molar-refractivity contribution in [2.45, 2.75) is 51.1 Å². The van der Waals surface area contributed by atoms with E-state index in [0.717, 1.165) is 19.0 Å². The Morgan fingerprint density at radius 1 is 1.38 bits per heavy atom. The molecule has 16 heavy (non-hydrogen) atoms. The van der Waals surface area contributed by atoms with E-state index in [1.807, 2.05) is 0 Å². The van der Waals surface area contributed by atoms with E-state index < -0.39 is 0 Å². The van der Waals surface area contributed by atoms with E-state index in [4.69, 9.17) is 5.26 Å². The van der Waals surface area contributed by atoms with Gasteiger partial charge in [-0.15, -0.1) is 0 Å². The van der Waals surface area contributed by atoms with E-state index >= 15 is 0 Å². The molecule has 2 saturated carbocycles. The van der Waals surface area contributed by atoms with Crippen molar-refractivity contribution in [1.82, 2.24) is 10.2 Å². The van der Waals surface area contributed by atoms with Gasteiger partial charge >= 0.3 is 0 Å². The van der Waals surface area contributed by atoms with Crippen molar-refractivity contribution in [3.05, 3.63) is 0 Å². The first kappa shape index (κ1) is 11.9. The first-order chi connectivity index (χ1) is 7.81. The van der Waals surface area contributed by atoms with Crippen LogP contribution >= 0.6 is 0 Å². The van der Waals surface area contributed by atoms with Crippen LogP contribution in [0, 0.1) is 17.2 Å². The van der Waals surface area contributed by atoms with E-state index in [-0.39, 0.29) is 6.04 Å². The molecule has 0 spiro atoms. The van der Waals surface area contributed by atoms with Crippen LogP contribution in [-0.2, 0) is 0 Å². The Morgan fingerprint density at radius 3 is 2.62 bits per heavy atom. The van der Waals surface area contributed by atoms with Crippen LogP contribution in [0.25, 0.3) is 0 Å². The highest BCUT2D eigenvalue weighted by atomic mass is 15.2. The van der Waals surface area contributed by atoms with Gasteiger partial charge in [0.25, 0.3) is 0 Å². The zero-order valence-electron chi connectivity index (χ0n) is 10.3. The molecule has 90 valence electrons. The van der Waals surface area contributed by atoms with Gasteiger partial charge < -0.3 is 4.90 Å². The molecule has 0 aliphatic heterocycles.